The van der Waals surface area contributed by atoms with Crippen molar-refractivity contribution in [1.29, 1.82) is 0 Å². The molecule has 1 aromatic heterocycles. The number of fused-ring (bicyclic) bond motifs is 1. The van der Waals surface area contributed by atoms with Crippen LogP contribution in [0.1, 0.15) is 20.9 Å². The van der Waals surface area contributed by atoms with Crippen molar-refractivity contribution in [2.24, 2.45) is 0 Å². The molecule has 146 valence electrons. The van der Waals surface area contributed by atoms with Gasteiger partial charge in [-0.15, -0.1) is 23.1 Å². The van der Waals surface area contributed by atoms with Gasteiger partial charge < -0.3 is 5.32 Å². The third-order valence-corrected chi connectivity index (χ3v) is 6.83. The average Bonchev–Trinajstić information content (AvgIpc) is 3.16. The van der Waals surface area contributed by atoms with E-state index >= 15 is 0 Å². The van der Waals surface area contributed by atoms with Crippen LogP contribution in [-0.4, -0.2) is 17.4 Å². The molecule has 0 radical (unpaired) electrons. The van der Waals surface area contributed by atoms with E-state index in [0.717, 1.165) is 27.7 Å². The summed E-state index contributed by atoms with van der Waals surface area (Å²) in [4.78, 5) is 18.2. The Morgan fingerprint density at radius 3 is 2.52 bits per heavy atom. The third-order valence-electron chi connectivity index (χ3n) is 4.40. The molecule has 3 aromatic carbocycles. The van der Waals surface area contributed by atoms with Gasteiger partial charge in [0.05, 0.1) is 15.2 Å². The summed E-state index contributed by atoms with van der Waals surface area (Å²) in [5, 5.41) is 4.77. The minimum Gasteiger partial charge on any atom is -0.352 e. The lowest BCUT2D eigenvalue weighted by Gasteiger charge is -2.06. The van der Waals surface area contributed by atoms with E-state index in [1.54, 1.807) is 23.1 Å². The molecular weight excluding hydrogens is 420 g/mol. The number of hydrogen-bond acceptors (Lipinski definition) is 4. The van der Waals surface area contributed by atoms with E-state index in [1.807, 2.05) is 66.7 Å². The number of nitrogens with one attached hydrogen (secondary N) is 1. The van der Waals surface area contributed by atoms with Gasteiger partial charge in [-0.05, 0) is 54.1 Å². The predicted octanol–water partition coefficient (Wildman–Crippen LogP) is 6.21. The Hall–Kier alpha value is -2.34. The van der Waals surface area contributed by atoms with Gasteiger partial charge in [0.1, 0.15) is 0 Å². The molecule has 1 heterocycles. The van der Waals surface area contributed by atoms with Gasteiger partial charge in [-0.3, -0.25) is 4.79 Å². The van der Waals surface area contributed by atoms with E-state index in [4.69, 9.17) is 11.6 Å². The van der Waals surface area contributed by atoms with Crippen LogP contribution in [0.3, 0.4) is 0 Å². The molecule has 1 N–H and O–H groups in total. The van der Waals surface area contributed by atoms with Crippen molar-refractivity contribution in [3.05, 3.63) is 94.0 Å². The summed E-state index contributed by atoms with van der Waals surface area (Å²) >= 11 is 9.34. The van der Waals surface area contributed by atoms with Crippen LogP contribution in [0.25, 0.3) is 10.2 Å². The van der Waals surface area contributed by atoms with E-state index in [-0.39, 0.29) is 5.91 Å². The Bertz CT molecular complexity index is 1070. The van der Waals surface area contributed by atoms with Crippen molar-refractivity contribution in [3.63, 3.8) is 0 Å². The lowest BCUT2D eigenvalue weighted by Crippen LogP contribution is -2.25. The average molecular weight is 439 g/mol. The molecule has 4 rings (SSSR count). The zero-order valence-electron chi connectivity index (χ0n) is 15.6. The molecule has 6 heteroatoms. The molecule has 4 aromatic rings. The summed E-state index contributed by atoms with van der Waals surface area (Å²) < 4.78 is 1.18. The maximum atomic E-state index is 12.4. The highest BCUT2D eigenvalue weighted by atomic mass is 35.5. The fourth-order valence-electron chi connectivity index (χ4n) is 2.86. The van der Waals surface area contributed by atoms with Crippen molar-refractivity contribution < 1.29 is 4.79 Å². The fraction of sp³-hybridized carbons (Fsp3) is 0.130. The molecule has 0 atom stereocenters. The maximum absolute atomic E-state index is 12.4. The van der Waals surface area contributed by atoms with Gasteiger partial charge in [0.25, 0.3) is 5.91 Å². The molecular formula is C23H19ClN2OS2. The number of thiazole rings is 1. The normalized spacial score (nSPS) is 10.9. The Kier molecular flexibility index (Phi) is 6.49. The lowest BCUT2D eigenvalue weighted by atomic mass is 10.1. The van der Waals surface area contributed by atoms with E-state index in [2.05, 4.69) is 16.4 Å². The van der Waals surface area contributed by atoms with Gasteiger partial charge in [-0.2, -0.15) is 0 Å². The summed E-state index contributed by atoms with van der Waals surface area (Å²) in [6.07, 6.45) is 0.737. The molecule has 0 bridgehead atoms. The first-order valence-corrected chi connectivity index (χ1v) is 11.5. The van der Waals surface area contributed by atoms with Crippen LogP contribution in [0, 0.1) is 0 Å². The summed E-state index contributed by atoms with van der Waals surface area (Å²) in [6.45, 7) is 0.576. The fourth-order valence-corrected chi connectivity index (χ4v) is 4.81. The number of aromatic nitrogens is 1. The monoisotopic (exact) mass is 438 g/mol. The van der Waals surface area contributed by atoms with Gasteiger partial charge >= 0.3 is 0 Å². The summed E-state index contributed by atoms with van der Waals surface area (Å²) in [6, 6.07) is 23.7. The molecule has 0 aliphatic heterocycles. The molecule has 0 aliphatic rings. The van der Waals surface area contributed by atoms with Crippen LogP contribution in [0.4, 0.5) is 0 Å². The van der Waals surface area contributed by atoms with Crippen molar-refractivity contribution >= 4 is 50.8 Å². The van der Waals surface area contributed by atoms with Gasteiger partial charge in [-0.1, -0.05) is 35.9 Å². The summed E-state index contributed by atoms with van der Waals surface area (Å²) in [5.74, 6) is 0.796. The molecule has 3 nitrogen and oxygen atoms in total. The Balaban J connectivity index is 1.26. The van der Waals surface area contributed by atoms with E-state index in [9.17, 15) is 4.79 Å². The molecule has 0 saturated heterocycles. The number of carbonyl (C=O) groups excluding carboxylic acids is 1. The molecule has 0 aliphatic carbocycles. The van der Waals surface area contributed by atoms with E-state index in [0.29, 0.717) is 12.1 Å². The van der Waals surface area contributed by atoms with Gasteiger partial charge in [0.15, 0.2) is 0 Å². The molecule has 0 saturated carbocycles. The first kappa shape index (κ1) is 20.0. The predicted molar refractivity (Wildman–Crippen MR) is 123 cm³/mol. The highest BCUT2D eigenvalue weighted by Crippen LogP contribution is 2.24. The minimum absolute atomic E-state index is 0.0528. The van der Waals surface area contributed by atoms with Crippen molar-refractivity contribution in [2.45, 2.75) is 17.1 Å². The largest absolute Gasteiger partial charge is 0.352 e. The van der Waals surface area contributed by atoms with Gasteiger partial charge in [-0.25, -0.2) is 4.98 Å². The molecule has 0 unspecified atom stereocenters. The lowest BCUT2D eigenvalue weighted by molar-refractivity contribution is 0.0954. The smallest absolute Gasteiger partial charge is 0.251 e. The van der Waals surface area contributed by atoms with Crippen LogP contribution < -0.4 is 5.32 Å². The topological polar surface area (TPSA) is 42.0 Å². The Morgan fingerprint density at radius 1 is 1.00 bits per heavy atom. The Morgan fingerprint density at radius 2 is 1.76 bits per heavy atom. The number of benzene rings is 3. The highest BCUT2D eigenvalue weighted by molar-refractivity contribution is 7.98. The Labute approximate surface area is 183 Å². The van der Waals surface area contributed by atoms with Crippen LogP contribution in [0.5, 0.6) is 0 Å². The number of halogens is 1. The second-order valence-electron chi connectivity index (χ2n) is 6.52. The van der Waals surface area contributed by atoms with Crippen LogP contribution in [0.15, 0.2) is 77.7 Å². The van der Waals surface area contributed by atoms with Gasteiger partial charge in [0, 0.05) is 34.2 Å². The van der Waals surface area contributed by atoms with Gasteiger partial charge in [0.2, 0.25) is 0 Å². The molecule has 29 heavy (non-hydrogen) atoms. The van der Waals surface area contributed by atoms with Crippen molar-refractivity contribution in [1.82, 2.24) is 10.3 Å². The minimum atomic E-state index is -0.0528. The molecule has 0 fully saturated rings. The number of carbonyl (C=O) groups is 1. The van der Waals surface area contributed by atoms with E-state index in [1.165, 1.54) is 15.2 Å². The van der Waals surface area contributed by atoms with Crippen LogP contribution in [0.2, 0.25) is 5.02 Å². The highest BCUT2D eigenvalue weighted by Gasteiger charge is 2.07. The third kappa shape index (κ3) is 5.38. The van der Waals surface area contributed by atoms with Crippen molar-refractivity contribution in [2.75, 3.05) is 6.54 Å². The van der Waals surface area contributed by atoms with Crippen LogP contribution in [-0.2, 0) is 12.2 Å². The van der Waals surface area contributed by atoms with Crippen molar-refractivity contribution in [3.8, 4) is 0 Å². The second-order valence-corrected chi connectivity index (χ2v) is 9.12. The summed E-state index contributed by atoms with van der Waals surface area (Å²) in [5.41, 5.74) is 2.87. The second kappa shape index (κ2) is 9.44. The number of para-hydroxylation sites is 1. The zero-order valence-corrected chi connectivity index (χ0v) is 18.0. The molecule has 1 amide bonds. The number of hydrogen-bond donors (Lipinski definition) is 1. The quantitative estimate of drug-likeness (QED) is 0.348. The van der Waals surface area contributed by atoms with Crippen LogP contribution >= 0.6 is 34.7 Å². The molecule has 0 spiro atoms. The standard InChI is InChI=1S/C23H19ClN2OS2/c24-18-9-11-19(12-10-18)28-15-16-5-7-17(8-6-16)23(27)25-14-13-22-26-20-3-1-2-4-21(20)29-22/h1-12H,13-15H2,(H,25,27). The number of rotatable bonds is 7. The first-order valence-electron chi connectivity index (χ1n) is 9.27. The SMILES string of the molecule is O=C(NCCc1nc2ccccc2s1)c1ccc(CSc2ccc(Cl)cc2)cc1. The van der Waals surface area contributed by atoms with E-state index < -0.39 is 0 Å². The summed E-state index contributed by atoms with van der Waals surface area (Å²) in [7, 11) is 0. The first-order chi connectivity index (χ1) is 14.2. The number of nitrogens with zero attached hydrogens (tertiary/aromatic N) is 1. The zero-order chi connectivity index (χ0) is 20.1. The number of amides is 1. The maximum Gasteiger partial charge on any atom is 0.251 e. The number of thioether (sulfide) groups is 1.